The van der Waals surface area contributed by atoms with Crippen molar-refractivity contribution in [3.63, 3.8) is 0 Å². The summed E-state index contributed by atoms with van der Waals surface area (Å²) < 4.78 is 47.5. The number of rotatable bonds is 14. The number of benzene rings is 3. The lowest BCUT2D eigenvalue weighted by Crippen LogP contribution is -2.50. The molecule has 2 N–H and O–H groups in total. The Morgan fingerprint density at radius 2 is 1.36 bits per heavy atom. The second-order valence-corrected chi connectivity index (χ2v) is 42.3. The number of hydrogen-bond acceptors (Lipinski definition) is 12. The maximum absolute atomic E-state index is 13.3. The Labute approximate surface area is 451 Å². The van der Waals surface area contributed by atoms with Gasteiger partial charge in [-0.1, -0.05) is 125 Å². The Morgan fingerprint density at radius 3 is 1.84 bits per heavy atom. The number of ether oxygens (including phenoxy) is 2. The van der Waals surface area contributed by atoms with Gasteiger partial charge in [-0.3, -0.25) is 24.5 Å². The van der Waals surface area contributed by atoms with Crippen LogP contribution in [0.3, 0.4) is 0 Å². The second-order valence-electron chi connectivity index (χ2n) is 17.1. The molecule has 28 heteroatoms. The Morgan fingerprint density at radius 1 is 0.843 bits per heavy atom. The van der Waals surface area contributed by atoms with Crippen molar-refractivity contribution >= 4 is 160 Å². The van der Waals surface area contributed by atoms with Crippen molar-refractivity contribution < 1.29 is 32.3 Å². The molecule has 0 spiro atoms. The smallest absolute Gasteiger partial charge is 0.408 e. The number of carbonyl (C=O) groups is 1. The number of hydrogen-bond donors (Lipinski definition) is 2. The third-order valence-corrected chi connectivity index (χ3v) is 38.6. The Kier molecular flexibility index (Phi) is 24.1. The lowest BCUT2D eigenvalue weighted by atomic mass is 9.79. The first kappa shape index (κ1) is 59.3. The number of aryl methyl sites for hydroxylation is 2. The number of aromatic nitrogens is 4. The van der Waals surface area contributed by atoms with E-state index in [0.717, 1.165) is 27.8 Å². The molecule has 1 saturated heterocycles. The first-order valence-corrected chi connectivity index (χ1v) is 41.1. The van der Waals surface area contributed by atoms with Gasteiger partial charge in [0, 0.05) is 131 Å². The second kappa shape index (κ2) is 28.4. The number of aromatic amines is 1. The summed E-state index contributed by atoms with van der Waals surface area (Å²) in [5, 5.41) is 2.43. The SMILES string of the molecule is CO[P+](=O)OC1[C@@H](O[Si](C)(C)C(C)(C)C)[C@@H](COC(c2ccccc2)(c2ccc(C)cc2)c2ccc(C)cc2)O[C@H]1n1cnc2c(=O)[nH]c(NC(=O)C(C)C)nc21.S=S=S=S=S=S=S=S=S=S=S=S=S. The van der Waals surface area contributed by atoms with Crippen molar-refractivity contribution in [2.75, 3.05) is 19.0 Å². The predicted molar refractivity (Wildman–Crippen MR) is 317 cm³/mol. The van der Waals surface area contributed by atoms with Crippen LogP contribution in [-0.4, -0.2) is 65.8 Å². The van der Waals surface area contributed by atoms with Gasteiger partial charge in [0.25, 0.3) is 5.56 Å². The molecule has 5 aromatic rings. The average Bonchev–Trinajstić information content (AvgIpc) is 3.90. The maximum Gasteiger partial charge on any atom is 0.697 e. The van der Waals surface area contributed by atoms with Gasteiger partial charge in [-0.25, -0.2) is 4.98 Å². The summed E-state index contributed by atoms with van der Waals surface area (Å²) in [5.41, 5.74) is 3.42. The molecular formula is C42H53N5O8PS13Si+. The Balaban J connectivity index is 0.000000614. The fourth-order valence-electron chi connectivity index (χ4n) is 6.72. The molecule has 2 unspecified atom stereocenters. The van der Waals surface area contributed by atoms with Crippen LogP contribution in [0, 0.1) is 19.8 Å². The van der Waals surface area contributed by atoms with E-state index in [4.69, 9.17) is 45.3 Å². The van der Waals surface area contributed by atoms with Gasteiger partial charge in [0.05, 0.1) is 20.0 Å². The van der Waals surface area contributed by atoms with Crippen LogP contribution < -0.4 is 10.9 Å². The number of nitrogens with one attached hydrogen (secondary N) is 2. The lowest BCUT2D eigenvalue weighted by Gasteiger charge is -2.41. The van der Waals surface area contributed by atoms with Gasteiger partial charge in [0.2, 0.25) is 11.9 Å². The van der Waals surface area contributed by atoms with Crippen LogP contribution in [0.1, 0.15) is 68.7 Å². The minimum atomic E-state index is -2.64. The minimum Gasteiger partial charge on any atom is -0.408 e. The highest BCUT2D eigenvalue weighted by atomic mass is 33.5. The molecule has 0 bridgehead atoms. The van der Waals surface area contributed by atoms with E-state index >= 15 is 0 Å². The van der Waals surface area contributed by atoms with E-state index in [9.17, 15) is 14.2 Å². The highest BCUT2D eigenvalue weighted by Gasteiger charge is 2.56. The fraction of sp³-hybridized carbons (Fsp3) is 0.429. The van der Waals surface area contributed by atoms with Crippen molar-refractivity contribution in [3.8, 4) is 0 Å². The molecule has 6 rings (SSSR count). The molecule has 0 saturated carbocycles. The van der Waals surface area contributed by atoms with Gasteiger partial charge in [-0.05, 0) is 48.7 Å². The topological polar surface area (TPSA) is 156 Å². The molecule has 3 aromatic carbocycles. The number of nitrogens with zero attached hydrogens (tertiary/aromatic N) is 3. The van der Waals surface area contributed by atoms with Gasteiger partial charge in [-0.2, -0.15) is 4.98 Å². The maximum atomic E-state index is 13.3. The van der Waals surface area contributed by atoms with Crippen LogP contribution in [0.2, 0.25) is 18.1 Å². The lowest BCUT2D eigenvalue weighted by molar-refractivity contribution is -0.118. The molecule has 70 heavy (non-hydrogen) atoms. The summed E-state index contributed by atoms with van der Waals surface area (Å²) in [7, 11) is 14.1. The van der Waals surface area contributed by atoms with Crippen molar-refractivity contribution in [2.24, 2.45) is 5.92 Å². The van der Waals surface area contributed by atoms with Crippen molar-refractivity contribution in [2.45, 2.75) is 96.7 Å². The van der Waals surface area contributed by atoms with Gasteiger partial charge in [-0.15, -0.1) is 9.05 Å². The van der Waals surface area contributed by atoms with Crippen LogP contribution in [0.15, 0.2) is 90.0 Å². The molecule has 5 atom stereocenters. The first-order valence-electron chi connectivity index (χ1n) is 21.1. The zero-order valence-corrected chi connectivity index (χ0v) is 52.0. The van der Waals surface area contributed by atoms with E-state index < -0.39 is 52.3 Å². The molecule has 0 radical (unpaired) electrons. The summed E-state index contributed by atoms with van der Waals surface area (Å²) in [5.74, 6) is -0.749. The van der Waals surface area contributed by atoms with Crippen molar-refractivity contribution in [3.05, 3.63) is 123 Å². The highest BCUT2D eigenvalue weighted by molar-refractivity contribution is 8.75. The number of carbonyl (C=O) groups excluding carboxylic acids is 1. The molecule has 1 fully saturated rings. The number of fused-ring (bicyclic) bond motifs is 1. The summed E-state index contributed by atoms with van der Waals surface area (Å²) >= 11 is 9.40. The normalized spacial score (nSPS) is 17.0. The van der Waals surface area contributed by atoms with Gasteiger partial charge in [0.15, 0.2) is 31.8 Å². The summed E-state index contributed by atoms with van der Waals surface area (Å²) in [6.07, 6.45) is -2.35. The van der Waals surface area contributed by atoms with Gasteiger partial charge in [0.1, 0.15) is 17.8 Å². The zero-order valence-electron chi connectivity index (χ0n) is 39.5. The van der Waals surface area contributed by atoms with Crippen LogP contribution in [-0.2, 0) is 158 Å². The number of imidazole rings is 1. The highest BCUT2D eigenvalue weighted by Crippen LogP contribution is 2.47. The fourth-order valence-corrected chi connectivity index (χ4v) is 33.2. The number of H-pyrrole nitrogens is 1. The standard InChI is InChI=1S/C42H52N5O8PSi.S13/c1-26(2)37(48)45-40-44-36-33(38(49)46-40)43-25-47(36)39-35(54-56(50)51-8)34(55-57(9,10)41(5,6)7)32(53-39)24-52-42(29-14-12-11-13-15-29,30-20-16-27(3)17-21-30)31-22-18-28(4)19-23-31;1-3-5-7-9-11-13-12-10-8-6-4-2/h11-23,25-26,32,34-35,39H,24H2,1-10H3,(H-,44,45,46,48,49);/p+1/t32-,34+,35?,39-;/m1./s1. The summed E-state index contributed by atoms with van der Waals surface area (Å²) in [6, 6.07) is 26.6. The molecule has 0 aliphatic carbocycles. The molecule has 380 valence electrons. The molecule has 1 aliphatic rings. The Hall–Kier alpha value is -1.54. The third-order valence-electron chi connectivity index (χ3n) is 11.2. The van der Waals surface area contributed by atoms with Crippen LogP contribution in [0.5, 0.6) is 0 Å². The molecular weight excluding hydrogens is 1180 g/mol. The number of amides is 1. The molecule has 1 aliphatic heterocycles. The van der Waals surface area contributed by atoms with E-state index in [1.807, 2.05) is 44.2 Å². The van der Waals surface area contributed by atoms with Crippen molar-refractivity contribution in [1.29, 1.82) is 0 Å². The summed E-state index contributed by atoms with van der Waals surface area (Å²) in [4.78, 5) is 37.5. The van der Waals surface area contributed by atoms with Gasteiger partial charge < -0.3 is 13.9 Å². The number of anilines is 1. The average molecular weight is 1230 g/mol. The van der Waals surface area contributed by atoms with E-state index in [1.54, 1.807) is 98.3 Å². The molecule has 1 amide bonds. The van der Waals surface area contributed by atoms with E-state index in [2.05, 4.69) is 103 Å². The van der Waals surface area contributed by atoms with E-state index in [1.165, 1.54) is 31.2 Å². The molecule has 13 nitrogen and oxygen atoms in total. The van der Waals surface area contributed by atoms with Crippen LogP contribution >= 0.6 is 8.25 Å². The Bertz CT molecular complexity index is 3130. The van der Waals surface area contributed by atoms with E-state index in [0.29, 0.717) is 0 Å². The van der Waals surface area contributed by atoms with E-state index in [-0.39, 0.29) is 40.6 Å². The molecule has 2 aromatic heterocycles. The largest absolute Gasteiger partial charge is 0.697 e. The minimum absolute atomic E-state index is 0.00754. The van der Waals surface area contributed by atoms with Crippen LogP contribution in [0.4, 0.5) is 5.95 Å². The monoisotopic (exact) mass is 1230 g/mol. The van der Waals surface area contributed by atoms with Crippen molar-refractivity contribution in [1.82, 2.24) is 19.5 Å². The quantitative estimate of drug-likeness (QED) is 0.0625. The predicted octanol–water partition coefficient (Wildman–Crippen LogP) is 8.29. The first-order chi connectivity index (χ1) is 33.4. The summed E-state index contributed by atoms with van der Waals surface area (Å²) in [6.45, 7) is 18.2. The van der Waals surface area contributed by atoms with Gasteiger partial charge >= 0.3 is 8.25 Å². The zero-order chi connectivity index (χ0) is 51.1. The van der Waals surface area contributed by atoms with Crippen LogP contribution in [0.25, 0.3) is 11.2 Å². The third kappa shape index (κ3) is 16.0. The molecule has 3 heterocycles.